The quantitative estimate of drug-likeness (QED) is 0.211. The topological polar surface area (TPSA) is 0 Å². The summed E-state index contributed by atoms with van der Waals surface area (Å²) in [6.45, 7) is 3.94. The van der Waals surface area contributed by atoms with Crippen molar-refractivity contribution in [3.63, 3.8) is 0 Å². The molecular formula is C32H37F5. The predicted octanol–water partition coefficient (Wildman–Crippen LogP) is 10.1. The van der Waals surface area contributed by atoms with E-state index in [1.165, 1.54) is 25.7 Å². The molecule has 3 aliphatic carbocycles. The van der Waals surface area contributed by atoms with Crippen molar-refractivity contribution < 1.29 is 22.0 Å². The Hall–Kier alpha value is -2.17. The third-order valence-corrected chi connectivity index (χ3v) is 9.77. The minimum Gasteiger partial charge on any atom is -0.207 e. The van der Waals surface area contributed by atoms with E-state index in [9.17, 15) is 13.2 Å². The maximum atomic E-state index is 15.3. The normalized spacial score (nSPS) is 30.7. The lowest BCUT2D eigenvalue weighted by molar-refractivity contribution is 0.171. The fraction of sp³-hybridized carbons (Fsp3) is 0.562. The summed E-state index contributed by atoms with van der Waals surface area (Å²) in [4.78, 5) is 0. The molecular weight excluding hydrogens is 479 g/mol. The van der Waals surface area contributed by atoms with Gasteiger partial charge in [0.15, 0.2) is 17.5 Å². The Morgan fingerprint density at radius 1 is 0.514 bits per heavy atom. The van der Waals surface area contributed by atoms with Crippen molar-refractivity contribution in [2.75, 3.05) is 0 Å². The minimum atomic E-state index is -1.47. The van der Waals surface area contributed by atoms with Gasteiger partial charge in [0.25, 0.3) is 0 Å². The molecule has 5 heteroatoms. The summed E-state index contributed by atoms with van der Waals surface area (Å²) in [5, 5.41) is 0. The molecule has 0 unspecified atom stereocenters. The summed E-state index contributed by atoms with van der Waals surface area (Å²) in [5.74, 6) is -2.82. The molecule has 0 spiro atoms. The third-order valence-electron chi connectivity index (χ3n) is 9.77. The van der Waals surface area contributed by atoms with E-state index in [1.807, 2.05) is 0 Å². The van der Waals surface area contributed by atoms with Crippen LogP contribution in [0.1, 0.15) is 111 Å². The number of rotatable bonds is 5. The summed E-state index contributed by atoms with van der Waals surface area (Å²) in [6, 6.07) is 5.19. The summed E-state index contributed by atoms with van der Waals surface area (Å²) in [6.07, 6.45) is 13.5. The van der Waals surface area contributed by atoms with E-state index >= 15 is 8.78 Å². The van der Waals surface area contributed by atoms with Crippen molar-refractivity contribution in [2.45, 2.75) is 94.8 Å². The maximum Gasteiger partial charge on any atom is 0.194 e. The van der Waals surface area contributed by atoms with Gasteiger partial charge >= 0.3 is 0 Å². The number of benzene rings is 2. The van der Waals surface area contributed by atoms with Gasteiger partial charge in [-0.2, -0.15) is 0 Å². The van der Waals surface area contributed by atoms with E-state index in [4.69, 9.17) is 0 Å². The number of hydrogen-bond donors (Lipinski definition) is 0. The molecule has 0 atom stereocenters. The van der Waals surface area contributed by atoms with Crippen LogP contribution in [0.25, 0.3) is 0 Å². The zero-order chi connectivity index (χ0) is 26.1. The molecule has 37 heavy (non-hydrogen) atoms. The van der Waals surface area contributed by atoms with E-state index in [0.717, 1.165) is 55.2 Å². The van der Waals surface area contributed by atoms with Gasteiger partial charge < -0.3 is 0 Å². The Kier molecular flexibility index (Phi) is 8.07. The highest BCUT2D eigenvalue weighted by Gasteiger charge is 2.33. The molecule has 2 aromatic carbocycles. The van der Waals surface area contributed by atoms with Gasteiger partial charge in [0.1, 0.15) is 11.6 Å². The molecule has 0 radical (unpaired) electrons. The molecule has 0 nitrogen and oxygen atoms in total. The Morgan fingerprint density at radius 3 is 1.35 bits per heavy atom. The molecule has 0 heterocycles. The molecule has 0 aromatic heterocycles. The SMILES string of the molecule is C=CC1CCC(C2CCC(c3cc(F)c(C4CCC(c5cc(F)c(F)c(F)c5)CC4)c(F)c3)CC2)CC1. The molecule has 3 saturated carbocycles. The van der Waals surface area contributed by atoms with Gasteiger partial charge in [0, 0.05) is 5.56 Å². The van der Waals surface area contributed by atoms with Crippen molar-refractivity contribution in [2.24, 2.45) is 17.8 Å². The zero-order valence-electron chi connectivity index (χ0n) is 21.4. The van der Waals surface area contributed by atoms with Crippen molar-refractivity contribution in [1.82, 2.24) is 0 Å². The molecule has 0 amide bonds. The fourth-order valence-electron chi connectivity index (χ4n) is 7.53. The van der Waals surface area contributed by atoms with Gasteiger partial charge in [-0.05, 0) is 148 Å². The van der Waals surface area contributed by atoms with Crippen LogP contribution >= 0.6 is 0 Å². The van der Waals surface area contributed by atoms with Crippen LogP contribution in [0.15, 0.2) is 36.9 Å². The molecule has 3 aliphatic rings. The predicted molar refractivity (Wildman–Crippen MR) is 137 cm³/mol. The van der Waals surface area contributed by atoms with Gasteiger partial charge in [0.05, 0.1) is 0 Å². The first kappa shape index (κ1) is 26.4. The summed E-state index contributed by atoms with van der Waals surface area (Å²) >= 11 is 0. The largest absolute Gasteiger partial charge is 0.207 e. The Bertz CT molecular complexity index is 1050. The van der Waals surface area contributed by atoms with Crippen LogP contribution in [0.2, 0.25) is 0 Å². The van der Waals surface area contributed by atoms with E-state index < -0.39 is 29.1 Å². The molecule has 0 saturated heterocycles. The molecule has 2 aromatic rings. The average Bonchev–Trinajstić information content (AvgIpc) is 2.91. The highest BCUT2D eigenvalue weighted by molar-refractivity contribution is 5.32. The maximum absolute atomic E-state index is 15.3. The third kappa shape index (κ3) is 5.66. The van der Waals surface area contributed by atoms with E-state index in [2.05, 4.69) is 12.7 Å². The van der Waals surface area contributed by atoms with Crippen LogP contribution in [0.4, 0.5) is 22.0 Å². The van der Waals surface area contributed by atoms with Gasteiger partial charge in [0.2, 0.25) is 0 Å². The number of hydrogen-bond acceptors (Lipinski definition) is 0. The second kappa shape index (κ2) is 11.3. The van der Waals surface area contributed by atoms with Crippen LogP contribution < -0.4 is 0 Å². The van der Waals surface area contributed by atoms with Crippen LogP contribution in [0.5, 0.6) is 0 Å². The van der Waals surface area contributed by atoms with Crippen LogP contribution in [-0.2, 0) is 0 Å². The van der Waals surface area contributed by atoms with Gasteiger partial charge in [-0.15, -0.1) is 6.58 Å². The first-order valence-corrected chi connectivity index (χ1v) is 14.1. The smallest absolute Gasteiger partial charge is 0.194 e. The highest BCUT2D eigenvalue weighted by Crippen LogP contribution is 2.46. The average molecular weight is 517 g/mol. The van der Waals surface area contributed by atoms with Crippen LogP contribution in [0.3, 0.4) is 0 Å². The Labute approximate surface area is 217 Å². The molecule has 5 rings (SSSR count). The van der Waals surface area contributed by atoms with Crippen molar-refractivity contribution in [3.8, 4) is 0 Å². The molecule has 200 valence electrons. The second-order valence-corrected chi connectivity index (χ2v) is 11.8. The van der Waals surface area contributed by atoms with Crippen LogP contribution in [0, 0.1) is 46.8 Å². The Morgan fingerprint density at radius 2 is 0.892 bits per heavy atom. The van der Waals surface area contributed by atoms with E-state index in [-0.39, 0.29) is 23.3 Å². The zero-order valence-corrected chi connectivity index (χ0v) is 21.4. The Balaban J connectivity index is 1.19. The first-order chi connectivity index (χ1) is 17.8. The van der Waals surface area contributed by atoms with Gasteiger partial charge in [-0.3, -0.25) is 0 Å². The second-order valence-electron chi connectivity index (χ2n) is 11.8. The minimum absolute atomic E-state index is 0.145. The van der Waals surface area contributed by atoms with Gasteiger partial charge in [-0.25, -0.2) is 22.0 Å². The summed E-state index contributed by atoms with van der Waals surface area (Å²) < 4.78 is 71.2. The van der Waals surface area contributed by atoms with Crippen molar-refractivity contribution in [3.05, 3.63) is 82.7 Å². The molecule has 0 N–H and O–H groups in total. The molecule has 0 bridgehead atoms. The lowest BCUT2D eigenvalue weighted by atomic mass is 9.68. The lowest BCUT2D eigenvalue weighted by Crippen LogP contribution is -2.25. The van der Waals surface area contributed by atoms with Gasteiger partial charge in [-0.1, -0.05) is 6.08 Å². The summed E-state index contributed by atoms with van der Waals surface area (Å²) in [5.41, 5.74) is 1.33. The van der Waals surface area contributed by atoms with E-state index in [0.29, 0.717) is 37.2 Å². The van der Waals surface area contributed by atoms with Crippen molar-refractivity contribution >= 4 is 0 Å². The molecule has 0 aliphatic heterocycles. The monoisotopic (exact) mass is 516 g/mol. The highest BCUT2D eigenvalue weighted by atomic mass is 19.2. The van der Waals surface area contributed by atoms with E-state index in [1.54, 1.807) is 12.1 Å². The molecule has 3 fully saturated rings. The summed E-state index contributed by atoms with van der Waals surface area (Å²) in [7, 11) is 0. The first-order valence-electron chi connectivity index (χ1n) is 14.1. The fourth-order valence-corrected chi connectivity index (χ4v) is 7.53. The number of halogens is 5. The standard InChI is InChI=1S/C32H37F5/c1-2-19-3-5-20(6-4-19)21-7-9-22(10-8-21)25-15-27(33)31(28(34)16-25)24-13-11-23(12-14-24)26-17-29(35)32(37)30(36)18-26/h2,15-24H,1,3-14H2. The van der Waals surface area contributed by atoms with Crippen LogP contribution in [-0.4, -0.2) is 0 Å². The van der Waals surface area contributed by atoms with Crippen molar-refractivity contribution in [1.29, 1.82) is 0 Å². The number of allylic oxidation sites excluding steroid dienone is 1. The lowest BCUT2D eigenvalue weighted by Gasteiger charge is -2.37.